The number of amides is 1. The number of nitrogens with zero attached hydrogens (tertiary/aromatic N) is 1. The van der Waals surface area contributed by atoms with E-state index in [4.69, 9.17) is 0 Å². The summed E-state index contributed by atoms with van der Waals surface area (Å²) in [6.45, 7) is 7.60. The van der Waals surface area contributed by atoms with Crippen LogP contribution in [0.3, 0.4) is 0 Å². The van der Waals surface area contributed by atoms with E-state index in [9.17, 15) is 4.79 Å². The molecule has 0 fully saturated rings. The molecular weight excluding hydrogens is 238 g/mol. The van der Waals surface area contributed by atoms with E-state index in [1.165, 1.54) is 0 Å². The van der Waals surface area contributed by atoms with Gasteiger partial charge in [0.15, 0.2) is 0 Å². The molecule has 1 aromatic heterocycles. The van der Waals surface area contributed by atoms with Gasteiger partial charge in [-0.2, -0.15) is 0 Å². The Morgan fingerprint density at radius 3 is 2.95 bits per heavy atom. The predicted molar refractivity (Wildman–Crippen MR) is 76.3 cm³/mol. The van der Waals surface area contributed by atoms with E-state index in [-0.39, 0.29) is 5.91 Å². The van der Waals surface area contributed by atoms with Crippen LogP contribution in [0.1, 0.15) is 31.7 Å². The number of anilines is 1. The molecule has 1 aliphatic rings. The van der Waals surface area contributed by atoms with E-state index >= 15 is 0 Å². The van der Waals surface area contributed by atoms with Gasteiger partial charge in [0.2, 0.25) is 5.91 Å². The van der Waals surface area contributed by atoms with Crippen LogP contribution in [0.25, 0.3) is 11.0 Å². The maximum Gasteiger partial charge on any atom is 0.234 e. The molecule has 4 nitrogen and oxygen atoms in total. The number of hydrogen-bond donors (Lipinski definition) is 2. The second-order valence-electron chi connectivity index (χ2n) is 5.50. The molecule has 19 heavy (non-hydrogen) atoms. The van der Waals surface area contributed by atoms with Crippen molar-refractivity contribution in [2.24, 2.45) is 0 Å². The average molecular weight is 255 g/mol. The van der Waals surface area contributed by atoms with E-state index in [0.29, 0.717) is 0 Å². The van der Waals surface area contributed by atoms with Gasteiger partial charge in [0.25, 0.3) is 0 Å². The van der Waals surface area contributed by atoms with Crippen molar-refractivity contribution >= 4 is 22.6 Å². The van der Waals surface area contributed by atoms with Crippen molar-refractivity contribution in [2.75, 3.05) is 5.32 Å². The highest BCUT2D eigenvalue weighted by molar-refractivity contribution is 6.07. The van der Waals surface area contributed by atoms with Crippen LogP contribution in [0, 0.1) is 0 Å². The fourth-order valence-electron chi connectivity index (χ4n) is 2.49. The van der Waals surface area contributed by atoms with Crippen molar-refractivity contribution in [3.63, 3.8) is 0 Å². The van der Waals surface area contributed by atoms with Gasteiger partial charge in [0, 0.05) is 12.1 Å². The third kappa shape index (κ3) is 1.75. The SMILES string of the molecule is C=CCCc1nc2cc3c(cc2[nH]1)C(C)(C)C(=O)N3. The number of aromatic amines is 1. The van der Waals surface area contributed by atoms with Crippen LogP contribution in [0.5, 0.6) is 0 Å². The van der Waals surface area contributed by atoms with Crippen molar-refractivity contribution in [3.05, 3.63) is 36.2 Å². The normalized spacial score (nSPS) is 16.4. The maximum absolute atomic E-state index is 11.9. The molecule has 0 saturated heterocycles. The standard InChI is InChI=1S/C15H17N3O/c1-4-5-6-13-16-11-7-9-10(8-12(11)17-13)18-14(19)15(9,2)3/h4,7-8H,1,5-6H2,2-3H3,(H,16,17)(H,18,19). The molecule has 0 aliphatic carbocycles. The predicted octanol–water partition coefficient (Wildman–Crippen LogP) is 2.91. The summed E-state index contributed by atoms with van der Waals surface area (Å²) in [5.74, 6) is 1.00. The van der Waals surface area contributed by atoms with E-state index in [2.05, 4.69) is 21.9 Å². The summed E-state index contributed by atoms with van der Waals surface area (Å²) in [4.78, 5) is 19.8. The average Bonchev–Trinajstić information content (AvgIpc) is 2.85. The van der Waals surface area contributed by atoms with Crippen LogP contribution in [0.15, 0.2) is 24.8 Å². The van der Waals surface area contributed by atoms with Gasteiger partial charge in [-0.3, -0.25) is 4.79 Å². The Morgan fingerprint density at radius 2 is 2.21 bits per heavy atom. The summed E-state index contributed by atoms with van der Waals surface area (Å²) < 4.78 is 0. The number of hydrogen-bond acceptors (Lipinski definition) is 2. The minimum Gasteiger partial charge on any atom is -0.342 e. The summed E-state index contributed by atoms with van der Waals surface area (Å²) in [5, 5.41) is 2.92. The second kappa shape index (κ2) is 3.95. The van der Waals surface area contributed by atoms with Crippen molar-refractivity contribution < 1.29 is 4.79 Å². The molecule has 0 bridgehead atoms. The summed E-state index contributed by atoms with van der Waals surface area (Å²) in [6.07, 6.45) is 3.65. The number of fused-ring (bicyclic) bond motifs is 2. The highest BCUT2D eigenvalue weighted by Gasteiger charge is 2.38. The molecule has 2 N–H and O–H groups in total. The van der Waals surface area contributed by atoms with Gasteiger partial charge < -0.3 is 10.3 Å². The monoisotopic (exact) mass is 255 g/mol. The number of carbonyl (C=O) groups is 1. The minimum atomic E-state index is -0.476. The first kappa shape index (κ1) is 12.0. The van der Waals surface area contributed by atoms with Gasteiger partial charge >= 0.3 is 0 Å². The first-order valence-corrected chi connectivity index (χ1v) is 6.48. The molecule has 0 atom stereocenters. The zero-order chi connectivity index (χ0) is 13.6. The third-order valence-electron chi connectivity index (χ3n) is 3.74. The first-order valence-electron chi connectivity index (χ1n) is 6.48. The molecule has 98 valence electrons. The Bertz CT molecular complexity index is 682. The van der Waals surface area contributed by atoms with Gasteiger partial charge in [0.1, 0.15) is 5.82 Å². The number of H-pyrrole nitrogens is 1. The van der Waals surface area contributed by atoms with Crippen molar-refractivity contribution in [1.29, 1.82) is 0 Å². The van der Waals surface area contributed by atoms with E-state index < -0.39 is 5.41 Å². The number of aromatic nitrogens is 2. The quantitative estimate of drug-likeness (QED) is 0.828. The van der Waals surface area contributed by atoms with E-state index in [1.54, 1.807) is 0 Å². The fourth-order valence-corrected chi connectivity index (χ4v) is 2.49. The zero-order valence-corrected chi connectivity index (χ0v) is 11.2. The van der Waals surface area contributed by atoms with Crippen molar-refractivity contribution in [1.82, 2.24) is 9.97 Å². The molecule has 2 heterocycles. The van der Waals surface area contributed by atoms with Gasteiger partial charge in [-0.05, 0) is 38.0 Å². The molecule has 2 aromatic rings. The summed E-state index contributed by atoms with van der Waals surface area (Å²) in [6, 6.07) is 3.98. The second-order valence-corrected chi connectivity index (χ2v) is 5.50. The number of nitrogens with one attached hydrogen (secondary N) is 2. The molecule has 3 rings (SSSR count). The van der Waals surface area contributed by atoms with Gasteiger partial charge in [-0.25, -0.2) is 4.98 Å². The third-order valence-corrected chi connectivity index (χ3v) is 3.74. The van der Waals surface area contributed by atoms with Gasteiger partial charge in [0.05, 0.1) is 16.4 Å². The summed E-state index contributed by atoms with van der Waals surface area (Å²) >= 11 is 0. The van der Waals surface area contributed by atoms with Gasteiger partial charge in [-0.15, -0.1) is 6.58 Å². The lowest BCUT2D eigenvalue weighted by Crippen LogP contribution is -2.26. The number of allylic oxidation sites excluding steroid dienone is 1. The largest absolute Gasteiger partial charge is 0.342 e. The smallest absolute Gasteiger partial charge is 0.234 e. The molecule has 1 amide bonds. The van der Waals surface area contributed by atoms with Crippen LogP contribution in [-0.4, -0.2) is 15.9 Å². The van der Waals surface area contributed by atoms with Crippen LogP contribution in [-0.2, 0) is 16.6 Å². The highest BCUT2D eigenvalue weighted by Crippen LogP contribution is 2.39. The fraction of sp³-hybridized carbons (Fsp3) is 0.333. The maximum atomic E-state index is 11.9. The molecule has 4 heteroatoms. The summed E-state index contributed by atoms with van der Waals surface area (Å²) in [5.41, 5.74) is 3.32. The molecular formula is C15H17N3O. The molecule has 0 saturated carbocycles. The Labute approximate surface area is 111 Å². The van der Waals surface area contributed by atoms with Crippen molar-refractivity contribution in [3.8, 4) is 0 Å². The molecule has 0 unspecified atom stereocenters. The Balaban J connectivity index is 2.09. The molecule has 1 aliphatic heterocycles. The van der Waals surface area contributed by atoms with E-state index in [1.807, 2.05) is 32.1 Å². The topological polar surface area (TPSA) is 57.8 Å². The lowest BCUT2D eigenvalue weighted by molar-refractivity contribution is -0.119. The van der Waals surface area contributed by atoms with Crippen LogP contribution < -0.4 is 5.32 Å². The first-order chi connectivity index (χ1) is 9.02. The van der Waals surface area contributed by atoms with Crippen LogP contribution in [0.4, 0.5) is 5.69 Å². The lowest BCUT2D eigenvalue weighted by atomic mass is 9.86. The molecule has 0 spiro atoms. The Hall–Kier alpha value is -2.10. The highest BCUT2D eigenvalue weighted by atomic mass is 16.2. The zero-order valence-electron chi connectivity index (χ0n) is 11.2. The van der Waals surface area contributed by atoms with E-state index in [0.717, 1.165) is 41.0 Å². The molecule has 1 aromatic carbocycles. The number of carbonyl (C=O) groups excluding carboxylic acids is 1. The number of benzene rings is 1. The number of imidazole rings is 1. The van der Waals surface area contributed by atoms with Crippen LogP contribution in [0.2, 0.25) is 0 Å². The van der Waals surface area contributed by atoms with Gasteiger partial charge in [-0.1, -0.05) is 6.08 Å². The summed E-state index contributed by atoms with van der Waals surface area (Å²) in [7, 11) is 0. The van der Waals surface area contributed by atoms with Crippen molar-refractivity contribution in [2.45, 2.75) is 32.1 Å². The lowest BCUT2D eigenvalue weighted by Gasteiger charge is -2.14. The Kier molecular flexibility index (Phi) is 2.49. The molecule has 0 radical (unpaired) electrons. The minimum absolute atomic E-state index is 0.0435. The number of aryl methyl sites for hydroxylation is 1. The Morgan fingerprint density at radius 1 is 1.42 bits per heavy atom. The van der Waals surface area contributed by atoms with Crippen LogP contribution >= 0.6 is 0 Å². The number of rotatable bonds is 3.